The van der Waals surface area contributed by atoms with Gasteiger partial charge < -0.3 is 9.47 Å². The molecule has 0 aromatic rings. The van der Waals surface area contributed by atoms with Crippen molar-refractivity contribution in [2.24, 2.45) is 0 Å². The smallest absolute Gasteiger partial charge is 0.158 e. The summed E-state index contributed by atoms with van der Waals surface area (Å²) in [7, 11) is 0. The SMILES string of the molecule is ICCC1OCCCO1. The number of hydrogen-bond donors (Lipinski definition) is 0. The molecule has 0 amide bonds. The Morgan fingerprint density at radius 1 is 1.33 bits per heavy atom. The van der Waals surface area contributed by atoms with Crippen molar-refractivity contribution in [1.29, 1.82) is 0 Å². The number of ether oxygens (including phenoxy) is 2. The molecule has 0 saturated carbocycles. The third-order valence-corrected chi connectivity index (χ3v) is 1.86. The second kappa shape index (κ2) is 4.46. The summed E-state index contributed by atoms with van der Waals surface area (Å²) in [6, 6.07) is 0. The van der Waals surface area contributed by atoms with E-state index in [1.54, 1.807) is 0 Å². The second-order valence-corrected chi connectivity index (χ2v) is 3.08. The lowest BCUT2D eigenvalue weighted by atomic mass is 10.4. The summed E-state index contributed by atoms with van der Waals surface area (Å²) in [6.07, 6.45) is 2.17. The second-order valence-electron chi connectivity index (χ2n) is 2.00. The highest BCUT2D eigenvalue weighted by atomic mass is 127. The van der Waals surface area contributed by atoms with Gasteiger partial charge in [0.05, 0.1) is 13.2 Å². The summed E-state index contributed by atoms with van der Waals surface area (Å²) in [6.45, 7) is 1.75. The molecule has 0 aliphatic carbocycles. The molecule has 0 radical (unpaired) electrons. The molecule has 9 heavy (non-hydrogen) atoms. The van der Waals surface area contributed by atoms with E-state index < -0.39 is 0 Å². The maximum Gasteiger partial charge on any atom is 0.158 e. The molecule has 2 nitrogen and oxygen atoms in total. The largest absolute Gasteiger partial charge is 0.353 e. The first kappa shape index (κ1) is 7.75. The van der Waals surface area contributed by atoms with E-state index >= 15 is 0 Å². The first-order valence-corrected chi connectivity index (χ1v) is 4.75. The molecular formula is C6H11IO2. The summed E-state index contributed by atoms with van der Waals surface area (Å²) >= 11 is 2.33. The van der Waals surface area contributed by atoms with Gasteiger partial charge in [-0.3, -0.25) is 0 Å². The molecule has 0 unspecified atom stereocenters. The first-order chi connectivity index (χ1) is 4.43. The highest BCUT2D eigenvalue weighted by Crippen LogP contribution is 2.09. The Morgan fingerprint density at radius 3 is 2.56 bits per heavy atom. The number of hydrogen-bond acceptors (Lipinski definition) is 2. The van der Waals surface area contributed by atoms with Gasteiger partial charge in [-0.2, -0.15) is 0 Å². The van der Waals surface area contributed by atoms with Crippen molar-refractivity contribution >= 4 is 22.6 Å². The molecule has 0 spiro atoms. The zero-order valence-corrected chi connectivity index (χ0v) is 7.46. The van der Waals surface area contributed by atoms with Gasteiger partial charge in [0.2, 0.25) is 0 Å². The van der Waals surface area contributed by atoms with E-state index in [1.807, 2.05) is 0 Å². The Balaban J connectivity index is 2.08. The van der Waals surface area contributed by atoms with Gasteiger partial charge in [0.25, 0.3) is 0 Å². The van der Waals surface area contributed by atoms with Crippen molar-refractivity contribution in [3.63, 3.8) is 0 Å². The molecule has 1 heterocycles. The summed E-state index contributed by atoms with van der Waals surface area (Å²) in [4.78, 5) is 0. The van der Waals surface area contributed by atoms with Gasteiger partial charge in [-0.25, -0.2) is 0 Å². The molecule has 3 heteroatoms. The number of halogens is 1. The minimum Gasteiger partial charge on any atom is -0.353 e. The standard InChI is InChI=1S/C6H11IO2/c7-3-2-6-8-4-1-5-9-6/h6H,1-5H2. The van der Waals surface area contributed by atoms with Crippen molar-refractivity contribution in [3.8, 4) is 0 Å². The maximum atomic E-state index is 5.29. The molecule has 0 bridgehead atoms. The normalized spacial score (nSPS) is 22.3. The summed E-state index contributed by atoms with van der Waals surface area (Å²) in [5.74, 6) is 0. The molecule has 1 aliphatic heterocycles. The quantitative estimate of drug-likeness (QED) is 0.540. The van der Waals surface area contributed by atoms with E-state index in [-0.39, 0.29) is 6.29 Å². The van der Waals surface area contributed by atoms with Crippen LogP contribution in [-0.4, -0.2) is 23.9 Å². The predicted molar refractivity (Wildman–Crippen MR) is 43.8 cm³/mol. The van der Waals surface area contributed by atoms with Crippen molar-refractivity contribution in [2.45, 2.75) is 19.1 Å². The van der Waals surface area contributed by atoms with Crippen LogP contribution in [0.2, 0.25) is 0 Å². The lowest BCUT2D eigenvalue weighted by Gasteiger charge is -2.22. The van der Waals surface area contributed by atoms with Crippen molar-refractivity contribution in [1.82, 2.24) is 0 Å². The van der Waals surface area contributed by atoms with Crippen LogP contribution in [0.4, 0.5) is 0 Å². The third kappa shape index (κ3) is 2.82. The average Bonchev–Trinajstić information content (AvgIpc) is 1.91. The van der Waals surface area contributed by atoms with Gasteiger partial charge in [0.1, 0.15) is 0 Å². The topological polar surface area (TPSA) is 18.5 Å². The average molecular weight is 242 g/mol. The Bertz CT molecular complexity index is 68.7. The molecule has 0 aromatic carbocycles. The molecule has 1 aliphatic rings. The molecular weight excluding hydrogens is 231 g/mol. The van der Waals surface area contributed by atoms with Crippen LogP contribution in [0.15, 0.2) is 0 Å². The van der Waals surface area contributed by atoms with Gasteiger partial charge in [0, 0.05) is 10.8 Å². The maximum absolute atomic E-state index is 5.29. The highest BCUT2D eigenvalue weighted by Gasteiger charge is 2.11. The van der Waals surface area contributed by atoms with Crippen LogP contribution < -0.4 is 0 Å². The lowest BCUT2D eigenvalue weighted by Crippen LogP contribution is -2.24. The van der Waals surface area contributed by atoms with Crippen LogP contribution in [-0.2, 0) is 9.47 Å². The zero-order chi connectivity index (χ0) is 6.53. The third-order valence-electron chi connectivity index (χ3n) is 1.24. The van der Waals surface area contributed by atoms with Gasteiger partial charge in [0.15, 0.2) is 6.29 Å². The Kier molecular flexibility index (Phi) is 3.85. The van der Waals surface area contributed by atoms with E-state index in [1.165, 1.54) is 0 Å². The van der Waals surface area contributed by atoms with Crippen LogP contribution in [0.1, 0.15) is 12.8 Å². The van der Waals surface area contributed by atoms with Gasteiger partial charge in [-0.1, -0.05) is 22.6 Å². The molecule has 1 rings (SSSR count). The van der Waals surface area contributed by atoms with Crippen LogP contribution in [0.25, 0.3) is 0 Å². The highest BCUT2D eigenvalue weighted by molar-refractivity contribution is 14.1. The molecule has 1 saturated heterocycles. The van der Waals surface area contributed by atoms with Crippen molar-refractivity contribution in [3.05, 3.63) is 0 Å². The fraction of sp³-hybridized carbons (Fsp3) is 1.00. The van der Waals surface area contributed by atoms with E-state index in [0.717, 1.165) is 30.5 Å². The van der Waals surface area contributed by atoms with Crippen LogP contribution in [0.3, 0.4) is 0 Å². The summed E-state index contributed by atoms with van der Waals surface area (Å²) < 4.78 is 11.7. The zero-order valence-electron chi connectivity index (χ0n) is 5.31. The molecule has 0 aromatic heterocycles. The fourth-order valence-corrected chi connectivity index (χ4v) is 1.30. The Hall–Kier alpha value is 0.650. The van der Waals surface area contributed by atoms with Crippen molar-refractivity contribution < 1.29 is 9.47 Å². The molecule has 0 atom stereocenters. The van der Waals surface area contributed by atoms with Gasteiger partial charge >= 0.3 is 0 Å². The van der Waals surface area contributed by atoms with Gasteiger partial charge in [-0.15, -0.1) is 0 Å². The van der Waals surface area contributed by atoms with Gasteiger partial charge in [-0.05, 0) is 6.42 Å². The van der Waals surface area contributed by atoms with E-state index in [2.05, 4.69) is 22.6 Å². The first-order valence-electron chi connectivity index (χ1n) is 3.22. The summed E-state index contributed by atoms with van der Waals surface area (Å²) in [5, 5.41) is 0. The lowest BCUT2D eigenvalue weighted by molar-refractivity contribution is -0.178. The van der Waals surface area contributed by atoms with Crippen LogP contribution in [0.5, 0.6) is 0 Å². The number of alkyl halides is 1. The predicted octanol–water partition coefficient (Wildman–Crippen LogP) is 1.57. The minimum absolute atomic E-state index is 0.0932. The molecule has 54 valence electrons. The number of rotatable bonds is 2. The van der Waals surface area contributed by atoms with E-state index in [4.69, 9.17) is 9.47 Å². The van der Waals surface area contributed by atoms with E-state index in [0.29, 0.717) is 0 Å². The molecule has 1 fully saturated rings. The Labute approximate surface area is 69.0 Å². The van der Waals surface area contributed by atoms with E-state index in [9.17, 15) is 0 Å². The van der Waals surface area contributed by atoms with Crippen LogP contribution in [0, 0.1) is 0 Å². The Morgan fingerprint density at radius 2 is 2.00 bits per heavy atom. The van der Waals surface area contributed by atoms with Crippen molar-refractivity contribution in [2.75, 3.05) is 17.6 Å². The molecule has 0 N–H and O–H groups in total. The minimum atomic E-state index is 0.0932. The summed E-state index contributed by atoms with van der Waals surface area (Å²) in [5.41, 5.74) is 0. The fourth-order valence-electron chi connectivity index (χ4n) is 0.792. The van der Waals surface area contributed by atoms with Crippen LogP contribution >= 0.6 is 22.6 Å². The monoisotopic (exact) mass is 242 g/mol.